The first kappa shape index (κ1) is 19.3. The number of carbonyl (C=O) groups is 1. The molecule has 5 rings (SSSR count). The van der Waals surface area contributed by atoms with Gasteiger partial charge in [0.15, 0.2) is 17.3 Å². The minimum atomic E-state index is -0.0351. The highest BCUT2D eigenvalue weighted by molar-refractivity contribution is 5.93. The number of pyridine rings is 1. The van der Waals surface area contributed by atoms with Crippen LogP contribution in [-0.4, -0.2) is 47.4 Å². The second kappa shape index (κ2) is 8.59. The summed E-state index contributed by atoms with van der Waals surface area (Å²) >= 11 is 0. The molecule has 2 aliphatic heterocycles. The second-order valence-electron chi connectivity index (χ2n) is 7.63. The number of aromatic nitrogens is 3. The summed E-state index contributed by atoms with van der Waals surface area (Å²) in [5, 5.41) is 11.7. The van der Waals surface area contributed by atoms with Crippen LogP contribution >= 0.6 is 0 Å². The third-order valence-corrected chi connectivity index (χ3v) is 5.61. The van der Waals surface area contributed by atoms with Crippen molar-refractivity contribution < 1.29 is 14.3 Å². The maximum atomic E-state index is 12.7. The Morgan fingerprint density at radius 3 is 2.58 bits per heavy atom. The van der Waals surface area contributed by atoms with Crippen molar-refractivity contribution in [2.75, 3.05) is 36.5 Å². The molecule has 1 aromatic carbocycles. The Labute approximate surface area is 180 Å². The number of rotatable bonds is 4. The molecular formula is C23H23N5O3. The van der Waals surface area contributed by atoms with Gasteiger partial charge in [-0.25, -0.2) is 0 Å². The van der Waals surface area contributed by atoms with Gasteiger partial charge in [-0.05, 0) is 49.2 Å². The van der Waals surface area contributed by atoms with Crippen LogP contribution in [0.5, 0.6) is 11.5 Å². The van der Waals surface area contributed by atoms with E-state index in [1.165, 1.54) is 0 Å². The molecule has 1 amide bonds. The fourth-order valence-electron chi connectivity index (χ4n) is 3.90. The van der Waals surface area contributed by atoms with E-state index >= 15 is 0 Å². The van der Waals surface area contributed by atoms with Crippen molar-refractivity contribution in [3.8, 4) is 22.8 Å². The predicted molar refractivity (Wildman–Crippen MR) is 116 cm³/mol. The Balaban J connectivity index is 1.17. The first-order valence-corrected chi connectivity index (χ1v) is 10.5. The van der Waals surface area contributed by atoms with E-state index in [1.54, 1.807) is 12.4 Å². The molecular weight excluding hydrogens is 394 g/mol. The van der Waals surface area contributed by atoms with Crippen molar-refractivity contribution in [3.63, 3.8) is 0 Å². The molecule has 2 aliphatic rings. The highest BCUT2D eigenvalue weighted by Crippen LogP contribution is 2.33. The first-order chi connectivity index (χ1) is 15.3. The monoisotopic (exact) mass is 417 g/mol. The van der Waals surface area contributed by atoms with Crippen LogP contribution in [0.3, 0.4) is 0 Å². The van der Waals surface area contributed by atoms with E-state index in [0.29, 0.717) is 24.7 Å². The van der Waals surface area contributed by atoms with Crippen LogP contribution in [0.15, 0.2) is 54.9 Å². The molecule has 0 aliphatic carbocycles. The van der Waals surface area contributed by atoms with Crippen LogP contribution in [0.25, 0.3) is 11.3 Å². The van der Waals surface area contributed by atoms with Crippen LogP contribution in [0.1, 0.15) is 12.8 Å². The summed E-state index contributed by atoms with van der Waals surface area (Å²) < 4.78 is 11.1. The third kappa shape index (κ3) is 4.28. The largest absolute Gasteiger partial charge is 0.486 e. The number of carbonyl (C=O) groups excluding carboxylic acids is 1. The number of amides is 1. The smallest absolute Gasteiger partial charge is 0.227 e. The summed E-state index contributed by atoms with van der Waals surface area (Å²) in [6.07, 6.45) is 5.04. The van der Waals surface area contributed by atoms with Crippen LogP contribution in [0.4, 0.5) is 11.5 Å². The number of fused-ring (bicyclic) bond motifs is 1. The number of hydrogen-bond donors (Lipinski definition) is 1. The van der Waals surface area contributed by atoms with Gasteiger partial charge in [0, 0.05) is 48.7 Å². The van der Waals surface area contributed by atoms with Gasteiger partial charge in [-0.1, -0.05) is 0 Å². The molecule has 0 atom stereocenters. The third-order valence-electron chi connectivity index (χ3n) is 5.61. The van der Waals surface area contributed by atoms with Crippen molar-refractivity contribution in [2.45, 2.75) is 12.8 Å². The number of anilines is 2. The second-order valence-corrected chi connectivity index (χ2v) is 7.63. The predicted octanol–water partition coefficient (Wildman–Crippen LogP) is 3.16. The standard InChI is InChI=1S/C23H23N5O3/c29-23(25-18-3-5-20-21(14-18)31-13-12-30-20)16-7-10-28(11-8-16)22-6-4-19(26-27-22)17-2-1-9-24-15-17/h1-6,9,14-16H,7-8,10-13H2,(H,25,29). The molecule has 1 fully saturated rings. The Bertz CT molecular complexity index is 1050. The number of benzene rings is 1. The van der Waals surface area contributed by atoms with Crippen molar-refractivity contribution in [3.05, 3.63) is 54.9 Å². The minimum absolute atomic E-state index is 0.0351. The minimum Gasteiger partial charge on any atom is -0.486 e. The molecule has 31 heavy (non-hydrogen) atoms. The average molecular weight is 417 g/mol. The van der Waals surface area contributed by atoms with Gasteiger partial charge in [0.1, 0.15) is 13.2 Å². The van der Waals surface area contributed by atoms with E-state index in [9.17, 15) is 4.79 Å². The van der Waals surface area contributed by atoms with E-state index in [0.717, 1.165) is 48.7 Å². The lowest BCUT2D eigenvalue weighted by Gasteiger charge is -2.31. The normalized spacial score (nSPS) is 16.1. The fourth-order valence-corrected chi connectivity index (χ4v) is 3.90. The molecule has 3 aromatic rings. The van der Waals surface area contributed by atoms with E-state index in [2.05, 4.69) is 25.4 Å². The van der Waals surface area contributed by atoms with Crippen molar-refractivity contribution in [2.24, 2.45) is 5.92 Å². The summed E-state index contributed by atoms with van der Waals surface area (Å²) in [5.41, 5.74) is 2.47. The van der Waals surface area contributed by atoms with Gasteiger partial charge in [0.2, 0.25) is 5.91 Å². The number of nitrogens with one attached hydrogen (secondary N) is 1. The van der Waals surface area contributed by atoms with Gasteiger partial charge in [0.05, 0.1) is 5.69 Å². The van der Waals surface area contributed by atoms with Gasteiger partial charge in [0.25, 0.3) is 0 Å². The molecule has 2 aromatic heterocycles. The maximum absolute atomic E-state index is 12.7. The van der Waals surface area contributed by atoms with Gasteiger partial charge in [-0.2, -0.15) is 0 Å². The molecule has 0 radical (unpaired) electrons. The molecule has 0 saturated carbocycles. The van der Waals surface area contributed by atoms with Crippen LogP contribution in [0.2, 0.25) is 0 Å². The summed E-state index contributed by atoms with van der Waals surface area (Å²) in [6.45, 7) is 2.60. The Morgan fingerprint density at radius 1 is 1.00 bits per heavy atom. The molecule has 4 heterocycles. The molecule has 158 valence electrons. The summed E-state index contributed by atoms with van der Waals surface area (Å²) in [7, 11) is 0. The first-order valence-electron chi connectivity index (χ1n) is 10.5. The Hall–Kier alpha value is -3.68. The lowest BCUT2D eigenvalue weighted by molar-refractivity contribution is -0.120. The van der Waals surface area contributed by atoms with Gasteiger partial charge >= 0.3 is 0 Å². The molecule has 1 N–H and O–H groups in total. The summed E-state index contributed by atoms with van der Waals surface area (Å²) in [5.74, 6) is 2.22. The van der Waals surface area contributed by atoms with Gasteiger partial charge in [-0.15, -0.1) is 10.2 Å². The van der Waals surface area contributed by atoms with Crippen molar-refractivity contribution in [1.82, 2.24) is 15.2 Å². The quantitative estimate of drug-likeness (QED) is 0.697. The number of hydrogen-bond acceptors (Lipinski definition) is 7. The zero-order valence-corrected chi connectivity index (χ0v) is 17.0. The molecule has 0 unspecified atom stereocenters. The van der Waals surface area contributed by atoms with E-state index < -0.39 is 0 Å². The Kier molecular flexibility index (Phi) is 5.35. The van der Waals surface area contributed by atoms with E-state index in [-0.39, 0.29) is 11.8 Å². The molecule has 1 saturated heterocycles. The van der Waals surface area contributed by atoms with Crippen LogP contribution in [-0.2, 0) is 4.79 Å². The van der Waals surface area contributed by atoms with Gasteiger partial charge in [-0.3, -0.25) is 9.78 Å². The number of nitrogens with zero attached hydrogens (tertiary/aromatic N) is 4. The van der Waals surface area contributed by atoms with Crippen molar-refractivity contribution in [1.29, 1.82) is 0 Å². The molecule has 0 bridgehead atoms. The maximum Gasteiger partial charge on any atom is 0.227 e. The van der Waals surface area contributed by atoms with E-state index in [1.807, 2.05) is 42.5 Å². The van der Waals surface area contributed by atoms with Crippen LogP contribution in [0, 0.1) is 5.92 Å². The summed E-state index contributed by atoms with van der Waals surface area (Å²) in [4.78, 5) is 19.0. The Morgan fingerprint density at radius 2 is 1.84 bits per heavy atom. The average Bonchev–Trinajstić information content (AvgIpc) is 2.85. The zero-order valence-electron chi connectivity index (χ0n) is 17.0. The number of ether oxygens (including phenoxy) is 2. The zero-order chi connectivity index (χ0) is 21.0. The van der Waals surface area contributed by atoms with Crippen molar-refractivity contribution >= 4 is 17.4 Å². The molecule has 0 spiro atoms. The fraction of sp³-hybridized carbons (Fsp3) is 0.304. The highest BCUT2D eigenvalue weighted by Gasteiger charge is 2.26. The van der Waals surface area contributed by atoms with Gasteiger partial charge < -0.3 is 19.7 Å². The highest BCUT2D eigenvalue weighted by atomic mass is 16.6. The summed E-state index contributed by atoms with van der Waals surface area (Å²) in [6, 6.07) is 13.3. The van der Waals surface area contributed by atoms with Crippen LogP contribution < -0.4 is 19.7 Å². The molecule has 8 heteroatoms. The number of piperidine rings is 1. The van der Waals surface area contributed by atoms with E-state index in [4.69, 9.17) is 9.47 Å². The molecule has 8 nitrogen and oxygen atoms in total. The lowest BCUT2D eigenvalue weighted by Crippen LogP contribution is -2.38. The topological polar surface area (TPSA) is 89.5 Å². The lowest BCUT2D eigenvalue weighted by atomic mass is 9.95. The SMILES string of the molecule is O=C(Nc1ccc2c(c1)OCCO2)C1CCN(c2ccc(-c3cccnc3)nn2)CC1.